The van der Waals surface area contributed by atoms with Gasteiger partial charge in [-0.1, -0.05) is 0 Å². The highest BCUT2D eigenvalue weighted by molar-refractivity contribution is 7.83. The zero-order chi connectivity index (χ0) is 50.7. The molecule has 2 nitrogen and oxygen atoms in total. The van der Waals surface area contributed by atoms with E-state index in [-0.39, 0.29) is 4.57 Å². The van der Waals surface area contributed by atoms with Gasteiger partial charge in [-0.25, -0.2) is 4.39 Å². The first-order chi connectivity index (χ1) is 26.4. The standard InChI is InChI=1S/C24H13F33N2S3/c1-9(25,11(28,29)13(32,33)15(36,37)17(40,41)19(44,45)21(48,49)23(52,53)54)2-4-58-6(60)7(61)59(8(58)62)5-3-10(26,27)12(30,31)14(34,35)16(38,39)18(42,43)20(46,47)22(50,51)24(55,56)57/h60-61H,2-5H2,1H3. The number of alkyl halides is 33. The molecule has 0 amide bonds. The smallest absolute Gasteiger partial charge is 0.311 e. The molecule has 1 aromatic rings. The van der Waals surface area contributed by atoms with Gasteiger partial charge in [-0.3, -0.25) is 0 Å². The molecule has 0 spiro atoms. The first-order valence-corrected chi connectivity index (χ1v) is 15.7. The fourth-order valence-corrected chi connectivity index (χ4v) is 5.48. The lowest BCUT2D eigenvalue weighted by molar-refractivity contribution is -0.461. The number of aromatic nitrogens is 2. The minimum Gasteiger partial charge on any atom is -0.311 e. The van der Waals surface area contributed by atoms with Crippen molar-refractivity contribution in [3.63, 3.8) is 0 Å². The van der Waals surface area contributed by atoms with E-state index in [1.165, 1.54) is 0 Å². The molecule has 0 radical (unpaired) electrons. The van der Waals surface area contributed by atoms with Crippen LogP contribution in [-0.2, 0) is 13.1 Å². The van der Waals surface area contributed by atoms with Crippen LogP contribution < -0.4 is 0 Å². The summed E-state index contributed by atoms with van der Waals surface area (Å²) in [5.41, 5.74) is -5.67. The Bertz CT molecular complexity index is 1720. The van der Waals surface area contributed by atoms with E-state index in [0.29, 0.717) is 0 Å². The second kappa shape index (κ2) is 15.4. The second-order valence-electron chi connectivity index (χ2n) is 12.5. The van der Waals surface area contributed by atoms with Crippen molar-refractivity contribution in [1.29, 1.82) is 0 Å². The molecule has 38 heteroatoms. The van der Waals surface area contributed by atoms with Crippen LogP contribution in [0.2, 0.25) is 0 Å². The van der Waals surface area contributed by atoms with Crippen molar-refractivity contribution in [2.75, 3.05) is 0 Å². The Balaban J connectivity index is 3.63. The molecule has 1 unspecified atom stereocenters. The van der Waals surface area contributed by atoms with E-state index in [9.17, 15) is 140 Å². The van der Waals surface area contributed by atoms with Gasteiger partial charge in [0.1, 0.15) is 10.1 Å². The van der Waals surface area contributed by atoms with Crippen LogP contribution in [0.5, 0.6) is 0 Å². The maximum absolute atomic E-state index is 15.0. The predicted molar refractivity (Wildman–Crippen MR) is 143 cm³/mol. The minimum atomic E-state index is -9.00. The summed E-state index contributed by atoms with van der Waals surface area (Å²) in [6.45, 7) is -5.45. The number of hydrogen-bond donors (Lipinski definition) is 2. The summed E-state index contributed by atoms with van der Waals surface area (Å²) in [6, 6.07) is 0. The first kappa shape index (κ1) is 57.8. The van der Waals surface area contributed by atoms with Gasteiger partial charge in [0.15, 0.2) is 10.4 Å². The Morgan fingerprint density at radius 3 is 0.806 bits per heavy atom. The molecule has 0 aliphatic heterocycles. The minimum absolute atomic E-state index is 0.278. The molecule has 1 rings (SSSR count). The molecule has 1 heterocycles. The van der Waals surface area contributed by atoms with Gasteiger partial charge >= 0.3 is 89.3 Å². The van der Waals surface area contributed by atoms with Gasteiger partial charge in [-0.05, 0) is 19.1 Å². The van der Waals surface area contributed by atoms with Crippen molar-refractivity contribution in [2.24, 2.45) is 0 Å². The van der Waals surface area contributed by atoms with Gasteiger partial charge in [0, 0.05) is 25.9 Å². The summed E-state index contributed by atoms with van der Waals surface area (Å²) in [5, 5.41) is -2.69. The molecule has 0 N–H and O–H groups in total. The van der Waals surface area contributed by atoms with Crippen LogP contribution in [0.25, 0.3) is 0 Å². The fraction of sp³-hybridized carbons (Fsp3) is 0.875. The van der Waals surface area contributed by atoms with Crippen LogP contribution >= 0.6 is 37.5 Å². The van der Waals surface area contributed by atoms with Crippen molar-refractivity contribution < 1.29 is 145 Å². The molecule has 62 heavy (non-hydrogen) atoms. The summed E-state index contributed by atoms with van der Waals surface area (Å²) in [4.78, 5) is 0. The molecule has 0 bridgehead atoms. The number of rotatable bonds is 18. The molecular weight excluding hydrogens is 1040 g/mol. The predicted octanol–water partition coefficient (Wildman–Crippen LogP) is 13.5. The summed E-state index contributed by atoms with van der Waals surface area (Å²) in [6.07, 6.45) is -22.1. The summed E-state index contributed by atoms with van der Waals surface area (Å²) >= 11 is 11.1. The topological polar surface area (TPSA) is 9.86 Å². The third-order valence-electron chi connectivity index (χ3n) is 8.40. The molecule has 0 saturated heterocycles. The quantitative estimate of drug-likeness (QED) is 0.0847. The largest absolute Gasteiger partial charge is 0.460 e. The van der Waals surface area contributed by atoms with Crippen LogP contribution in [0.1, 0.15) is 19.8 Å². The SMILES string of the molecule is CC(F)(CCn1c(S)c(S)n(CCC(F)(F)C(F)(F)C(F)(F)C(F)(F)C(F)(F)C(F)(F)C(F)(F)C(F)(F)F)c1=S)C(F)(F)C(F)(F)C(F)(F)C(F)(F)C(F)(F)C(F)(F)C(F)(F)F. The highest BCUT2D eigenvalue weighted by atomic mass is 32.1. The number of nitrogens with zero attached hydrogens (tertiary/aromatic N) is 2. The van der Waals surface area contributed by atoms with Crippen LogP contribution in [-0.4, -0.2) is 104 Å². The number of thiol groups is 2. The molecular formula is C24H13F33N2S3. The Morgan fingerprint density at radius 1 is 0.339 bits per heavy atom. The number of halogens is 33. The Kier molecular flexibility index (Phi) is 14.4. The molecule has 1 atom stereocenters. The zero-order valence-electron chi connectivity index (χ0n) is 28.0. The van der Waals surface area contributed by atoms with Crippen molar-refractivity contribution in [3.05, 3.63) is 4.77 Å². The van der Waals surface area contributed by atoms with Crippen molar-refractivity contribution in [2.45, 2.75) is 138 Å². The maximum Gasteiger partial charge on any atom is 0.460 e. The lowest BCUT2D eigenvalue weighted by Crippen LogP contribution is -2.74. The Hall–Kier alpha value is -2.18. The van der Waals surface area contributed by atoms with Gasteiger partial charge in [0.2, 0.25) is 0 Å². The lowest BCUT2D eigenvalue weighted by Gasteiger charge is -2.44. The molecule has 0 saturated carbocycles. The molecule has 0 aliphatic carbocycles. The number of imidazole rings is 1. The molecule has 0 aromatic carbocycles. The van der Waals surface area contributed by atoms with E-state index in [2.05, 4.69) is 37.5 Å². The molecule has 0 fully saturated rings. The van der Waals surface area contributed by atoms with E-state index in [0.717, 1.165) is 0 Å². The third kappa shape index (κ3) is 7.69. The van der Waals surface area contributed by atoms with Gasteiger partial charge < -0.3 is 9.13 Å². The van der Waals surface area contributed by atoms with Gasteiger partial charge in [0.05, 0.1) is 0 Å². The molecule has 1 aromatic heterocycles. The maximum atomic E-state index is 15.0. The summed E-state index contributed by atoms with van der Waals surface area (Å²) < 4.78 is 446. The highest BCUT2D eigenvalue weighted by Crippen LogP contribution is 2.66. The molecule has 0 aliphatic rings. The normalized spacial score (nSPS) is 17.2. The Morgan fingerprint density at radius 2 is 0.548 bits per heavy atom. The van der Waals surface area contributed by atoms with Crippen molar-refractivity contribution in [3.8, 4) is 0 Å². The van der Waals surface area contributed by atoms with Gasteiger partial charge in [0.25, 0.3) is 0 Å². The van der Waals surface area contributed by atoms with Crippen LogP contribution in [0, 0.1) is 4.77 Å². The Labute approximate surface area is 334 Å². The van der Waals surface area contributed by atoms with E-state index < -0.39 is 147 Å². The molecule has 368 valence electrons. The van der Waals surface area contributed by atoms with Crippen LogP contribution in [0.3, 0.4) is 0 Å². The average molecular weight is 1050 g/mol. The van der Waals surface area contributed by atoms with E-state index in [4.69, 9.17) is 0 Å². The fourth-order valence-electron chi connectivity index (χ4n) is 4.35. The third-order valence-corrected chi connectivity index (χ3v) is 9.92. The second-order valence-corrected chi connectivity index (χ2v) is 13.7. The van der Waals surface area contributed by atoms with E-state index >= 15 is 4.39 Å². The van der Waals surface area contributed by atoms with E-state index in [1.807, 2.05) is 0 Å². The average Bonchev–Trinajstić information content (AvgIpc) is 3.26. The highest BCUT2D eigenvalue weighted by Gasteiger charge is 2.96. The monoisotopic (exact) mass is 1050 g/mol. The number of hydrogen-bond acceptors (Lipinski definition) is 3. The summed E-state index contributed by atoms with van der Waals surface area (Å²) in [7, 11) is 0. The van der Waals surface area contributed by atoms with Gasteiger partial charge in [-0.2, -0.15) is 140 Å². The van der Waals surface area contributed by atoms with Crippen molar-refractivity contribution >= 4 is 37.5 Å². The van der Waals surface area contributed by atoms with Crippen LogP contribution in [0.4, 0.5) is 145 Å². The van der Waals surface area contributed by atoms with Crippen molar-refractivity contribution in [1.82, 2.24) is 9.13 Å². The lowest BCUT2D eigenvalue weighted by atomic mass is 9.84. The van der Waals surface area contributed by atoms with Crippen LogP contribution in [0.15, 0.2) is 10.1 Å². The van der Waals surface area contributed by atoms with Gasteiger partial charge in [-0.15, -0.1) is 25.3 Å². The van der Waals surface area contributed by atoms with E-state index in [1.54, 1.807) is 0 Å². The summed E-state index contributed by atoms with van der Waals surface area (Å²) in [5.74, 6) is -110. The zero-order valence-corrected chi connectivity index (χ0v) is 30.6. The first-order valence-electron chi connectivity index (χ1n) is 14.4.